The average Bonchev–Trinajstić information content (AvgIpc) is 2.25. The highest BCUT2D eigenvalue weighted by Gasteiger charge is 2.04. The second-order valence-electron chi connectivity index (χ2n) is 3.21. The molecule has 0 bridgehead atoms. The van der Waals surface area contributed by atoms with Gasteiger partial charge in [-0.05, 0) is 19.1 Å². The first-order valence-corrected chi connectivity index (χ1v) is 4.87. The lowest BCUT2D eigenvalue weighted by Gasteiger charge is -1.96. The van der Waals surface area contributed by atoms with Crippen LogP contribution in [0.25, 0.3) is 0 Å². The van der Waals surface area contributed by atoms with Crippen molar-refractivity contribution in [1.29, 1.82) is 0 Å². The Morgan fingerprint density at radius 2 is 1.94 bits per heavy atom. The zero-order chi connectivity index (χ0) is 11.8. The van der Waals surface area contributed by atoms with Crippen LogP contribution in [0.15, 0.2) is 30.3 Å². The number of hydrogen-bond acceptors (Lipinski definition) is 3. The first-order chi connectivity index (χ1) is 7.68. The van der Waals surface area contributed by atoms with Crippen LogP contribution in [0.2, 0.25) is 0 Å². The van der Waals surface area contributed by atoms with Gasteiger partial charge in [0.05, 0.1) is 0 Å². The molecular formula is C13H12O3. The SMILES string of the molecule is CC(=O)CC(=O)OCC#Cc1ccccc1. The van der Waals surface area contributed by atoms with Crippen LogP contribution < -0.4 is 0 Å². The Labute approximate surface area is 94.4 Å². The monoisotopic (exact) mass is 216 g/mol. The summed E-state index contributed by atoms with van der Waals surface area (Å²) in [5, 5.41) is 0. The van der Waals surface area contributed by atoms with E-state index in [0.717, 1.165) is 5.56 Å². The molecule has 0 saturated heterocycles. The molecule has 0 radical (unpaired) electrons. The molecule has 3 nitrogen and oxygen atoms in total. The van der Waals surface area contributed by atoms with Crippen LogP contribution >= 0.6 is 0 Å². The van der Waals surface area contributed by atoms with Crippen molar-refractivity contribution in [2.24, 2.45) is 0 Å². The Morgan fingerprint density at radius 1 is 1.25 bits per heavy atom. The van der Waals surface area contributed by atoms with E-state index in [-0.39, 0.29) is 18.8 Å². The van der Waals surface area contributed by atoms with Crippen LogP contribution in [0.5, 0.6) is 0 Å². The molecule has 3 heteroatoms. The predicted octanol–water partition coefficient (Wildman–Crippen LogP) is 1.56. The van der Waals surface area contributed by atoms with E-state index >= 15 is 0 Å². The number of ether oxygens (including phenoxy) is 1. The van der Waals surface area contributed by atoms with Gasteiger partial charge >= 0.3 is 5.97 Å². The van der Waals surface area contributed by atoms with E-state index in [0.29, 0.717) is 0 Å². The van der Waals surface area contributed by atoms with Crippen molar-refractivity contribution in [1.82, 2.24) is 0 Å². The average molecular weight is 216 g/mol. The van der Waals surface area contributed by atoms with Crippen molar-refractivity contribution >= 4 is 11.8 Å². The summed E-state index contributed by atoms with van der Waals surface area (Å²) in [6.45, 7) is 1.36. The number of hydrogen-bond donors (Lipinski definition) is 0. The van der Waals surface area contributed by atoms with Gasteiger partial charge in [0.2, 0.25) is 0 Å². The van der Waals surface area contributed by atoms with E-state index in [9.17, 15) is 9.59 Å². The maximum atomic E-state index is 11.0. The molecule has 1 aromatic carbocycles. The summed E-state index contributed by atoms with van der Waals surface area (Å²) in [6.07, 6.45) is -0.187. The van der Waals surface area contributed by atoms with E-state index in [2.05, 4.69) is 11.8 Å². The summed E-state index contributed by atoms with van der Waals surface area (Å²) >= 11 is 0. The molecule has 0 amide bonds. The van der Waals surface area contributed by atoms with Gasteiger partial charge in [0.25, 0.3) is 0 Å². The fourth-order valence-corrected chi connectivity index (χ4v) is 1.03. The molecule has 1 aromatic rings. The van der Waals surface area contributed by atoms with Gasteiger partial charge in [-0.1, -0.05) is 30.0 Å². The van der Waals surface area contributed by atoms with Crippen molar-refractivity contribution in [2.75, 3.05) is 6.61 Å². The number of carbonyl (C=O) groups is 2. The molecule has 0 N–H and O–H groups in total. The van der Waals surface area contributed by atoms with Crippen molar-refractivity contribution < 1.29 is 14.3 Å². The zero-order valence-corrected chi connectivity index (χ0v) is 9.03. The summed E-state index contributed by atoms with van der Waals surface area (Å²) in [5.74, 6) is 4.80. The van der Waals surface area contributed by atoms with Crippen molar-refractivity contribution in [3.05, 3.63) is 35.9 Å². The van der Waals surface area contributed by atoms with Crippen molar-refractivity contribution in [2.45, 2.75) is 13.3 Å². The van der Waals surface area contributed by atoms with Gasteiger partial charge in [0, 0.05) is 5.56 Å². The second-order valence-corrected chi connectivity index (χ2v) is 3.21. The second kappa shape index (κ2) is 6.41. The highest BCUT2D eigenvalue weighted by Crippen LogP contribution is 1.94. The minimum atomic E-state index is -0.533. The molecule has 16 heavy (non-hydrogen) atoms. The summed E-state index contributed by atoms with van der Waals surface area (Å²) in [5.41, 5.74) is 0.866. The largest absolute Gasteiger partial charge is 0.452 e. The Balaban J connectivity index is 2.34. The Hall–Kier alpha value is -2.08. The Bertz CT molecular complexity index is 423. The molecule has 0 spiro atoms. The van der Waals surface area contributed by atoms with Gasteiger partial charge in [-0.15, -0.1) is 0 Å². The molecule has 0 fully saturated rings. The zero-order valence-electron chi connectivity index (χ0n) is 9.03. The van der Waals surface area contributed by atoms with Gasteiger partial charge in [-0.2, -0.15) is 0 Å². The normalized spacial score (nSPS) is 8.81. The lowest BCUT2D eigenvalue weighted by atomic mass is 10.2. The molecule has 0 atom stereocenters. The van der Waals surface area contributed by atoms with Crippen LogP contribution in [0, 0.1) is 11.8 Å². The third-order valence-corrected chi connectivity index (χ3v) is 1.71. The van der Waals surface area contributed by atoms with E-state index in [1.54, 1.807) is 0 Å². The Morgan fingerprint density at radius 3 is 2.56 bits per heavy atom. The van der Waals surface area contributed by atoms with Crippen molar-refractivity contribution in [3.63, 3.8) is 0 Å². The minimum Gasteiger partial charge on any atom is -0.452 e. The number of esters is 1. The highest BCUT2D eigenvalue weighted by molar-refractivity contribution is 5.94. The Kier molecular flexibility index (Phi) is 4.81. The summed E-state index contributed by atoms with van der Waals surface area (Å²) < 4.78 is 4.74. The fourth-order valence-electron chi connectivity index (χ4n) is 1.03. The van der Waals surface area contributed by atoms with Crippen LogP contribution in [-0.2, 0) is 14.3 Å². The van der Waals surface area contributed by atoms with E-state index in [1.807, 2.05) is 30.3 Å². The lowest BCUT2D eigenvalue weighted by molar-refractivity contribution is -0.144. The summed E-state index contributed by atoms with van der Waals surface area (Å²) in [4.78, 5) is 21.5. The standard InChI is InChI=1S/C13H12O3/c1-11(14)10-13(15)16-9-5-8-12-6-3-2-4-7-12/h2-4,6-7H,9-10H2,1H3. The van der Waals surface area contributed by atoms with Gasteiger partial charge in [-0.25, -0.2) is 0 Å². The summed E-state index contributed by atoms with van der Waals surface area (Å²) in [6, 6.07) is 9.39. The van der Waals surface area contributed by atoms with Gasteiger partial charge in [0.15, 0.2) is 6.61 Å². The van der Waals surface area contributed by atoms with E-state index in [4.69, 9.17) is 4.74 Å². The number of ketones is 1. The maximum absolute atomic E-state index is 11.0. The molecule has 0 aliphatic carbocycles. The van der Waals surface area contributed by atoms with Gasteiger partial charge < -0.3 is 4.74 Å². The molecule has 0 saturated carbocycles. The molecule has 0 aliphatic rings. The first kappa shape index (κ1) is 12.0. The third kappa shape index (κ3) is 4.97. The molecule has 0 aliphatic heterocycles. The van der Waals surface area contributed by atoms with Gasteiger partial charge in [-0.3, -0.25) is 9.59 Å². The van der Waals surface area contributed by atoms with E-state index < -0.39 is 5.97 Å². The minimum absolute atomic E-state index is 0.0149. The highest BCUT2D eigenvalue weighted by atomic mass is 16.5. The fraction of sp³-hybridized carbons (Fsp3) is 0.231. The van der Waals surface area contributed by atoms with Crippen LogP contribution in [0.4, 0.5) is 0 Å². The maximum Gasteiger partial charge on any atom is 0.314 e. The quantitative estimate of drug-likeness (QED) is 0.437. The van der Waals surface area contributed by atoms with Crippen LogP contribution in [0.1, 0.15) is 18.9 Å². The smallest absolute Gasteiger partial charge is 0.314 e. The van der Waals surface area contributed by atoms with Crippen LogP contribution in [-0.4, -0.2) is 18.4 Å². The molecule has 1 rings (SSSR count). The van der Waals surface area contributed by atoms with E-state index in [1.165, 1.54) is 6.92 Å². The topological polar surface area (TPSA) is 43.4 Å². The third-order valence-electron chi connectivity index (χ3n) is 1.71. The van der Waals surface area contributed by atoms with Crippen molar-refractivity contribution in [3.8, 4) is 11.8 Å². The molecule has 0 heterocycles. The number of carbonyl (C=O) groups excluding carboxylic acids is 2. The predicted molar refractivity (Wildman–Crippen MR) is 59.6 cm³/mol. The summed E-state index contributed by atoms with van der Waals surface area (Å²) in [7, 11) is 0. The molecule has 0 aromatic heterocycles. The number of rotatable bonds is 3. The van der Waals surface area contributed by atoms with Crippen LogP contribution in [0.3, 0.4) is 0 Å². The molecule has 82 valence electrons. The molecule has 0 unspecified atom stereocenters. The van der Waals surface area contributed by atoms with Gasteiger partial charge in [0.1, 0.15) is 12.2 Å². The molecular weight excluding hydrogens is 204 g/mol. The number of benzene rings is 1. The number of Topliss-reactive ketones (excluding diaryl/α,β-unsaturated/α-hetero) is 1. The lowest BCUT2D eigenvalue weighted by Crippen LogP contribution is -2.08. The first-order valence-electron chi connectivity index (χ1n) is 4.87.